The minimum atomic E-state index is 0.663. The van der Waals surface area contributed by atoms with Gasteiger partial charge in [0.05, 0.1) is 0 Å². The highest BCUT2D eigenvalue weighted by Gasteiger charge is 2.17. The summed E-state index contributed by atoms with van der Waals surface area (Å²) in [7, 11) is 0. The van der Waals surface area contributed by atoms with Crippen LogP contribution in [-0.2, 0) is 0 Å². The molecule has 1 aromatic rings. The van der Waals surface area contributed by atoms with Gasteiger partial charge in [-0.05, 0) is 49.8 Å². The molecule has 3 rings (SSSR count). The molecule has 2 fully saturated rings. The molecule has 0 atom stereocenters. The Morgan fingerprint density at radius 1 is 0.955 bits per heavy atom. The summed E-state index contributed by atoms with van der Waals surface area (Å²) in [5.41, 5.74) is 3.91. The van der Waals surface area contributed by atoms with Crippen molar-refractivity contribution in [2.75, 3.05) is 10.6 Å². The normalized spacial score (nSPS) is 20.0. The van der Waals surface area contributed by atoms with Gasteiger partial charge in [0, 0.05) is 23.5 Å². The molecule has 0 aliphatic heterocycles. The molecule has 2 saturated carbocycles. The molecule has 0 amide bonds. The summed E-state index contributed by atoms with van der Waals surface area (Å²) in [5.74, 6) is 0. The smallest absolute Gasteiger partial charge is 0.0436 e. The van der Waals surface area contributed by atoms with E-state index in [9.17, 15) is 0 Å². The Morgan fingerprint density at radius 3 is 2.23 bits per heavy atom. The van der Waals surface area contributed by atoms with Crippen LogP contribution >= 0.6 is 0 Å². The summed E-state index contributed by atoms with van der Waals surface area (Å²) in [6, 6.07) is 8.17. The zero-order chi connectivity index (χ0) is 15.2. The molecule has 2 aliphatic rings. The van der Waals surface area contributed by atoms with E-state index in [1.165, 1.54) is 68.3 Å². The van der Waals surface area contributed by atoms with Crippen LogP contribution in [-0.4, -0.2) is 12.1 Å². The van der Waals surface area contributed by atoms with Crippen LogP contribution in [0.1, 0.15) is 70.3 Å². The number of hydrogen-bond donors (Lipinski definition) is 2. The highest BCUT2D eigenvalue weighted by molar-refractivity contribution is 5.71. The molecular formula is C20H30N2. The Bertz CT molecular complexity index is 494. The highest BCUT2D eigenvalue weighted by Crippen LogP contribution is 2.29. The van der Waals surface area contributed by atoms with E-state index in [1.807, 2.05) is 0 Å². The monoisotopic (exact) mass is 298 g/mol. The van der Waals surface area contributed by atoms with Gasteiger partial charge in [-0.25, -0.2) is 0 Å². The van der Waals surface area contributed by atoms with E-state index in [1.54, 1.807) is 0 Å². The number of nitrogens with one attached hydrogen (secondary N) is 2. The van der Waals surface area contributed by atoms with E-state index in [4.69, 9.17) is 0 Å². The van der Waals surface area contributed by atoms with E-state index in [2.05, 4.69) is 47.9 Å². The third-order valence-electron chi connectivity index (χ3n) is 5.03. The van der Waals surface area contributed by atoms with Crippen LogP contribution in [0.2, 0.25) is 0 Å². The number of anilines is 2. The summed E-state index contributed by atoms with van der Waals surface area (Å²) >= 11 is 0. The Hall–Kier alpha value is -1.44. The van der Waals surface area contributed by atoms with Gasteiger partial charge in [-0.1, -0.05) is 50.8 Å². The maximum Gasteiger partial charge on any atom is 0.0436 e. The minimum Gasteiger partial charge on any atom is -0.382 e. The number of rotatable bonds is 6. The molecule has 0 unspecified atom stereocenters. The second-order valence-electron chi connectivity index (χ2n) is 6.86. The van der Waals surface area contributed by atoms with Crippen LogP contribution in [0.3, 0.4) is 0 Å². The first-order chi connectivity index (χ1) is 10.8. The van der Waals surface area contributed by atoms with Crippen molar-refractivity contribution in [3.8, 4) is 0 Å². The second-order valence-corrected chi connectivity index (χ2v) is 6.86. The van der Waals surface area contributed by atoms with Crippen LogP contribution in [0.15, 0.2) is 24.3 Å². The van der Waals surface area contributed by atoms with E-state index in [0.717, 1.165) is 6.42 Å². The first kappa shape index (κ1) is 15.5. The highest BCUT2D eigenvalue weighted by atomic mass is 14.9. The maximum absolute atomic E-state index is 3.79. The Morgan fingerprint density at radius 2 is 1.59 bits per heavy atom. The van der Waals surface area contributed by atoms with E-state index in [0.29, 0.717) is 12.1 Å². The SMILES string of the molecule is CCC=Cc1ccc(NC2CCCC2)cc1NC1CCCC1. The molecule has 22 heavy (non-hydrogen) atoms. The first-order valence-corrected chi connectivity index (χ1v) is 9.19. The molecule has 0 heterocycles. The zero-order valence-corrected chi connectivity index (χ0v) is 13.9. The topological polar surface area (TPSA) is 24.1 Å². The average Bonchev–Trinajstić information content (AvgIpc) is 3.20. The van der Waals surface area contributed by atoms with Crippen molar-refractivity contribution in [1.82, 2.24) is 0 Å². The first-order valence-electron chi connectivity index (χ1n) is 9.19. The van der Waals surface area contributed by atoms with Crippen LogP contribution < -0.4 is 10.6 Å². The molecule has 2 N–H and O–H groups in total. The quantitative estimate of drug-likeness (QED) is 0.691. The molecule has 0 bridgehead atoms. The lowest BCUT2D eigenvalue weighted by molar-refractivity contribution is 0.751. The predicted molar refractivity (Wildman–Crippen MR) is 97.5 cm³/mol. The zero-order valence-electron chi connectivity index (χ0n) is 13.9. The molecular weight excluding hydrogens is 268 g/mol. The Labute approximate surface area is 135 Å². The van der Waals surface area contributed by atoms with Crippen molar-refractivity contribution < 1.29 is 0 Å². The maximum atomic E-state index is 3.79. The van der Waals surface area contributed by atoms with Gasteiger partial charge in [0.15, 0.2) is 0 Å². The summed E-state index contributed by atoms with van der Waals surface area (Å²) < 4.78 is 0. The van der Waals surface area contributed by atoms with Gasteiger partial charge in [0.2, 0.25) is 0 Å². The van der Waals surface area contributed by atoms with Crippen molar-refractivity contribution in [1.29, 1.82) is 0 Å². The Balaban J connectivity index is 1.75. The van der Waals surface area contributed by atoms with Gasteiger partial charge in [-0.2, -0.15) is 0 Å². The van der Waals surface area contributed by atoms with Gasteiger partial charge >= 0.3 is 0 Å². The molecule has 2 aliphatic carbocycles. The third kappa shape index (κ3) is 4.06. The van der Waals surface area contributed by atoms with Crippen molar-refractivity contribution in [2.45, 2.75) is 76.8 Å². The molecule has 0 radical (unpaired) electrons. The van der Waals surface area contributed by atoms with Crippen LogP contribution in [0, 0.1) is 0 Å². The number of allylic oxidation sites excluding steroid dienone is 1. The van der Waals surface area contributed by atoms with E-state index < -0.39 is 0 Å². The van der Waals surface area contributed by atoms with Crippen molar-refractivity contribution in [2.24, 2.45) is 0 Å². The van der Waals surface area contributed by atoms with Crippen LogP contribution in [0.4, 0.5) is 11.4 Å². The van der Waals surface area contributed by atoms with Crippen molar-refractivity contribution in [3.63, 3.8) is 0 Å². The van der Waals surface area contributed by atoms with Gasteiger partial charge in [0.1, 0.15) is 0 Å². The molecule has 2 heteroatoms. The fraction of sp³-hybridized carbons (Fsp3) is 0.600. The van der Waals surface area contributed by atoms with E-state index >= 15 is 0 Å². The van der Waals surface area contributed by atoms with Gasteiger partial charge in [-0.15, -0.1) is 0 Å². The second kappa shape index (κ2) is 7.71. The molecule has 0 spiro atoms. The average molecular weight is 298 g/mol. The Kier molecular flexibility index (Phi) is 5.42. The molecule has 1 aromatic carbocycles. The lowest BCUT2D eigenvalue weighted by Crippen LogP contribution is -2.17. The summed E-state index contributed by atoms with van der Waals surface area (Å²) in [4.78, 5) is 0. The molecule has 0 aromatic heterocycles. The summed E-state index contributed by atoms with van der Waals surface area (Å²) in [6.07, 6.45) is 16.4. The fourth-order valence-electron chi connectivity index (χ4n) is 3.76. The predicted octanol–water partition coefficient (Wildman–Crippen LogP) is 5.82. The largest absolute Gasteiger partial charge is 0.382 e. The lowest BCUT2D eigenvalue weighted by atomic mass is 10.1. The van der Waals surface area contributed by atoms with Gasteiger partial charge < -0.3 is 10.6 Å². The number of benzene rings is 1. The standard InChI is InChI=1S/C20H30N2/c1-2-3-8-16-13-14-19(21-17-9-4-5-10-17)15-20(16)22-18-11-6-7-12-18/h3,8,13-15,17-18,21-22H,2,4-7,9-12H2,1H3. The molecule has 2 nitrogen and oxygen atoms in total. The van der Waals surface area contributed by atoms with Crippen molar-refractivity contribution >= 4 is 17.5 Å². The van der Waals surface area contributed by atoms with Crippen molar-refractivity contribution in [3.05, 3.63) is 29.8 Å². The minimum absolute atomic E-state index is 0.663. The fourth-order valence-corrected chi connectivity index (χ4v) is 3.76. The lowest BCUT2D eigenvalue weighted by Gasteiger charge is -2.19. The van der Waals surface area contributed by atoms with Gasteiger partial charge in [-0.3, -0.25) is 0 Å². The third-order valence-corrected chi connectivity index (χ3v) is 5.03. The van der Waals surface area contributed by atoms with Gasteiger partial charge in [0.25, 0.3) is 0 Å². The molecule has 0 saturated heterocycles. The summed E-state index contributed by atoms with van der Waals surface area (Å²) in [6.45, 7) is 2.19. The number of hydrogen-bond acceptors (Lipinski definition) is 2. The summed E-state index contributed by atoms with van der Waals surface area (Å²) in [5, 5.41) is 7.52. The molecule has 120 valence electrons. The van der Waals surface area contributed by atoms with Crippen LogP contribution in [0.25, 0.3) is 6.08 Å². The van der Waals surface area contributed by atoms with Crippen LogP contribution in [0.5, 0.6) is 0 Å². The van der Waals surface area contributed by atoms with E-state index in [-0.39, 0.29) is 0 Å².